The molecule has 5 nitrogen and oxygen atoms in total. The highest BCUT2D eigenvalue weighted by molar-refractivity contribution is 7.99. The number of rotatable bonds is 8. The standard InChI is InChI=1S/C20H16Cl2F2N2O3S/c1-2-28-18(27)11-30-20-25-10-17(12-3-8-15(21)16(22)9-12)26(20)13-4-6-14(7-5-13)29-19(23)24/h3-10,19H,2,11H2,1H3. The number of carbonyl (C=O) groups excluding carboxylic acids is 1. The van der Waals surface area contributed by atoms with E-state index in [0.29, 0.717) is 26.6 Å². The second-order valence-corrected chi connectivity index (χ2v) is 7.61. The zero-order chi connectivity index (χ0) is 21.7. The molecule has 0 unspecified atom stereocenters. The van der Waals surface area contributed by atoms with E-state index in [4.69, 9.17) is 27.9 Å². The molecule has 0 spiro atoms. The lowest BCUT2D eigenvalue weighted by atomic mass is 10.1. The van der Waals surface area contributed by atoms with Crippen molar-refractivity contribution in [1.29, 1.82) is 0 Å². The third-order valence-electron chi connectivity index (χ3n) is 3.89. The van der Waals surface area contributed by atoms with Gasteiger partial charge in [0.2, 0.25) is 0 Å². The highest BCUT2D eigenvalue weighted by Gasteiger charge is 2.17. The van der Waals surface area contributed by atoms with Crippen molar-refractivity contribution in [3.63, 3.8) is 0 Å². The number of imidazole rings is 1. The number of aromatic nitrogens is 2. The fourth-order valence-electron chi connectivity index (χ4n) is 2.65. The van der Waals surface area contributed by atoms with Gasteiger partial charge in [0.15, 0.2) is 5.16 Å². The van der Waals surface area contributed by atoms with E-state index in [1.165, 1.54) is 23.9 Å². The van der Waals surface area contributed by atoms with Crippen LogP contribution in [0.2, 0.25) is 10.0 Å². The van der Waals surface area contributed by atoms with E-state index >= 15 is 0 Å². The van der Waals surface area contributed by atoms with Crippen molar-refractivity contribution in [2.75, 3.05) is 12.4 Å². The molecule has 0 N–H and O–H groups in total. The molecule has 2 aromatic carbocycles. The summed E-state index contributed by atoms with van der Waals surface area (Å²) in [5.74, 6) is -0.266. The molecule has 1 aromatic heterocycles. The zero-order valence-electron chi connectivity index (χ0n) is 15.6. The van der Waals surface area contributed by atoms with Crippen LogP contribution >= 0.6 is 35.0 Å². The number of thioether (sulfide) groups is 1. The van der Waals surface area contributed by atoms with Crippen molar-refractivity contribution >= 4 is 40.9 Å². The van der Waals surface area contributed by atoms with Gasteiger partial charge in [0, 0.05) is 11.3 Å². The highest BCUT2D eigenvalue weighted by Crippen LogP contribution is 2.33. The Balaban J connectivity index is 2.01. The fourth-order valence-corrected chi connectivity index (χ4v) is 3.74. The molecular formula is C20H16Cl2F2N2O3S. The van der Waals surface area contributed by atoms with Crippen LogP contribution < -0.4 is 4.74 Å². The van der Waals surface area contributed by atoms with Crippen molar-refractivity contribution in [3.05, 3.63) is 58.7 Å². The van der Waals surface area contributed by atoms with E-state index < -0.39 is 6.61 Å². The third kappa shape index (κ3) is 5.44. The summed E-state index contributed by atoms with van der Waals surface area (Å²) in [6.07, 6.45) is 1.64. The lowest BCUT2D eigenvalue weighted by Gasteiger charge is -2.13. The van der Waals surface area contributed by atoms with Crippen LogP contribution in [0.5, 0.6) is 5.75 Å². The highest BCUT2D eigenvalue weighted by atomic mass is 35.5. The van der Waals surface area contributed by atoms with Crippen LogP contribution in [0.1, 0.15) is 6.92 Å². The molecule has 0 aliphatic carbocycles. The normalized spacial score (nSPS) is 11.0. The Hall–Kier alpha value is -2.29. The van der Waals surface area contributed by atoms with Crippen molar-refractivity contribution in [1.82, 2.24) is 9.55 Å². The molecule has 158 valence electrons. The molecule has 3 rings (SSSR count). The summed E-state index contributed by atoms with van der Waals surface area (Å²) in [6, 6.07) is 11.3. The third-order valence-corrected chi connectivity index (χ3v) is 5.55. The van der Waals surface area contributed by atoms with Crippen LogP contribution in [0.15, 0.2) is 53.8 Å². The minimum absolute atomic E-state index is 0.0330. The summed E-state index contributed by atoms with van der Waals surface area (Å²) in [5, 5.41) is 1.31. The molecule has 0 aliphatic heterocycles. The molecule has 0 aliphatic rings. The quantitative estimate of drug-likeness (QED) is 0.292. The molecule has 0 atom stereocenters. The Kier molecular flexibility index (Phi) is 7.58. The lowest BCUT2D eigenvalue weighted by molar-refractivity contribution is -0.139. The van der Waals surface area contributed by atoms with Gasteiger partial charge in [-0.25, -0.2) is 4.98 Å². The molecule has 1 heterocycles. The molecule has 0 fully saturated rings. The molecule has 0 saturated carbocycles. The monoisotopic (exact) mass is 472 g/mol. The van der Waals surface area contributed by atoms with Crippen molar-refractivity contribution in [2.24, 2.45) is 0 Å². The van der Waals surface area contributed by atoms with Crippen molar-refractivity contribution in [3.8, 4) is 22.7 Å². The van der Waals surface area contributed by atoms with Crippen molar-refractivity contribution < 1.29 is 23.0 Å². The maximum Gasteiger partial charge on any atom is 0.387 e. The Morgan fingerprint density at radius 2 is 1.90 bits per heavy atom. The predicted molar refractivity (Wildman–Crippen MR) is 113 cm³/mol. The number of esters is 1. The Labute approximate surface area is 185 Å². The van der Waals surface area contributed by atoms with E-state index in [-0.39, 0.29) is 24.1 Å². The minimum Gasteiger partial charge on any atom is -0.465 e. The summed E-state index contributed by atoms with van der Waals surface area (Å²) in [6.45, 7) is -0.894. The van der Waals surface area contributed by atoms with E-state index in [1.54, 1.807) is 48.0 Å². The summed E-state index contributed by atoms with van der Waals surface area (Å²) >= 11 is 13.4. The van der Waals surface area contributed by atoms with Crippen LogP contribution in [0.25, 0.3) is 16.9 Å². The number of halogens is 4. The van der Waals surface area contributed by atoms with Gasteiger partial charge in [-0.15, -0.1) is 0 Å². The van der Waals surface area contributed by atoms with Gasteiger partial charge >= 0.3 is 12.6 Å². The molecule has 10 heteroatoms. The second kappa shape index (κ2) is 10.1. The summed E-state index contributed by atoms with van der Waals surface area (Å²) in [5.41, 5.74) is 2.07. The van der Waals surface area contributed by atoms with Crippen LogP contribution in [-0.2, 0) is 9.53 Å². The smallest absolute Gasteiger partial charge is 0.387 e. The summed E-state index contributed by atoms with van der Waals surface area (Å²) in [7, 11) is 0. The second-order valence-electron chi connectivity index (χ2n) is 5.86. The number of hydrogen-bond acceptors (Lipinski definition) is 5. The van der Waals surface area contributed by atoms with Gasteiger partial charge in [-0.3, -0.25) is 9.36 Å². The van der Waals surface area contributed by atoms with Gasteiger partial charge in [-0.05, 0) is 43.3 Å². The van der Waals surface area contributed by atoms with E-state index in [1.807, 2.05) is 0 Å². The van der Waals surface area contributed by atoms with Gasteiger partial charge in [-0.1, -0.05) is 41.0 Å². The first-order valence-corrected chi connectivity index (χ1v) is 10.5. The SMILES string of the molecule is CCOC(=O)CSc1ncc(-c2ccc(Cl)c(Cl)c2)n1-c1ccc(OC(F)F)cc1. The van der Waals surface area contributed by atoms with Gasteiger partial charge in [0.25, 0.3) is 0 Å². The first-order chi connectivity index (χ1) is 14.4. The largest absolute Gasteiger partial charge is 0.465 e. The van der Waals surface area contributed by atoms with Crippen LogP contribution in [0.4, 0.5) is 8.78 Å². The van der Waals surface area contributed by atoms with E-state index in [9.17, 15) is 13.6 Å². The number of benzene rings is 2. The van der Waals surface area contributed by atoms with Crippen LogP contribution in [0.3, 0.4) is 0 Å². The number of alkyl halides is 2. The number of nitrogens with zero attached hydrogens (tertiary/aromatic N) is 2. The number of hydrogen-bond donors (Lipinski definition) is 0. The average molecular weight is 473 g/mol. The lowest BCUT2D eigenvalue weighted by Crippen LogP contribution is -2.08. The van der Waals surface area contributed by atoms with Gasteiger partial charge in [0.1, 0.15) is 5.75 Å². The van der Waals surface area contributed by atoms with Gasteiger partial charge in [0.05, 0.1) is 34.3 Å². The maximum atomic E-state index is 12.4. The molecular weight excluding hydrogens is 457 g/mol. The van der Waals surface area contributed by atoms with Crippen LogP contribution in [0, 0.1) is 0 Å². The van der Waals surface area contributed by atoms with Crippen LogP contribution in [-0.4, -0.2) is 34.5 Å². The molecule has 0 saturated heterocycles. The van der Waals surface area contributed by atoms with Gasteiger partial charge < -0.3 is 9.47 Å². The predicted octanol–water partition coefficient (Wildman–Crippen LogP) is 6.10. The first-order valence-electron chi connectivity index (χ1n) is 8.76. The van der Waals surface area contributed by atoms with Crippen molar-refractivity contribution in [2.45, 2.75) is 18.7 Å². The fraction of sp³-hybridized carbons (Fsp3) is 0.200. The van der Waals surface area contributed by atoms with E-state index in [0.717, 1.165) is 5.56 Å². The first kappa shape index (κ1) is 22.4. The maximum absolute atomic E-state index is 12.4. The molecule has 0 radical (unpaired) electrons. The molecule has 0 bridgehead atoms. The number of carbonyl (C=O) groups is 1. The molecule has 0 amide bonds. The Bertz CT molecular complexity index is 1030. The topological polar surface area (TPSA) is 53.3 Å². The number of ether oxygens (including phenoxy) is 2. The Morgan fingerprint density at radius 3 is 2.53 bits per heavy atom. The molecule has 3 aromatic rings. The summed E-state index contributed by atoms with van der Waals surface area (Å²) in [4.78, 5) is 16.2. The van der Waals surface area contributed by atoms with E-state index in [2.05, 4.69) is 9.72 Å². The molecule has 30 heavy (non-hydrogen) atoms. The average Bonchev–Trinajstić information content (AvgIpc) is 3.13. The zero-order valence-corrected chi connectivity index (χ0v) is 18.0. The van der Waals surface area contributed by atoms with Gasteiger partial charge in [-0.2, -0.15) is 8.78 Å². The minimum atomic E-state index is -2.91. The summed E-state index contributed by atoms with van der Waals surface area (Å²) < 4.78 is 36.1. The Morgan fingerprint density at radius 1 is 1.17 bits per heavy atom.